The molecule has 0 aliphatic rings. The highest BCUT2D eigenvalue weighted by Crippen LogP contribution is 2.26. The third-order valence-corrected chi connectivity index (χ3v) is 3.01. The summed E-state index contributed by atoms with van der Waals surface area (Å²) in [6.07, 6.45) is -7.61. The molecule has 2 atom stereocenters. The van der Waals surface area contributed by atoms with Crippen molar-refractivity contribution in [3.05, 3.63) is 35.9 Å². The molecular weight excluding hydrogens is 303 g/mol. The van der Waals surface area contributed by atoms with Gasteiger partial charge in [0.1, 0.15) is 6.04 Å². The lowest BCUT2D eigenvalue weighted by Gasteiger charge is -2.21. The van der Waals surface area contributed by atoms with Crippen molar-refractivity contribution < 1.29 is 32.6 Å². The van der Waals surface area contributed by atoms with E-state index in [-0.39, 0.29) is 5.56 Å². The lowest BCUT2D eigenvalue weighted by molar-refractivity contribution is -0.215. The molecule has 1 aromatic carbocycles. The van der Waals surface area contributed by atoms with Crippen LogP contribution in [-0.2, 0) is 9.53 Å². The van der Waals surface area contributed by atoms with Gasteiger partial charge in [-0.25, -0.2) is 4.79 Å². The Morgan fingerprint density at radius 3 is 2.27 bits per heavy atom. The van der Waals surface area contributed by atoms with Crippen molar-refractivity contribution in [2.45, 2.75) is 31.2 Å². The zero-order chi connectivity index (χ0) is 16.8. The molecule has 22 heavy (non-hydrogen) atoms. The highest BCUT2D eigenvalue weighted by Gasteiger charge is 2.40. The van der Waals surface area contributed by atoms with Crippen LogP contribution < -0.4 is 5.32 Å². The minimum Gasteiger partial charge on any atom is -0.480 e. The Morgan fingerprint density at radius 2 is 1.82 bits per heavy atom. The number of methoxy groups -OCH3 is 1. The second-order valence-electron chi connectivity index (χ2n) is 4.57. The highest BCUT2D eigenvalue weighted by molar-refractivity contribution is 5.96. The van der Waals surface area contributed by atoms with E-state index < -0.39 is 43.0 Å². The summed E-state index contributed by atoms with van der Waals surface area (Å²) >= 11 is 0. The third-order valence-electron chi connectivity index (χ3n) is 3.01. The van der Waals surface area contributed by atoms with Crippen LogP contribution >= 0.6 is 0 Å². The molecule has 5 nitrogen and oxygen atoms in total. The Labute approximate surface area is 125 Å². The molecule has 122 valence electrons. The third kappa shape index (κ3) is 5.36. The number of aliphatic carboxylic acids is 1. The predicted molar refractivity (Wildman–Crippen MR) is 71.4 cm³/mol. The second-order valence-corrected chi connectivity index (χ2v) is 4.57. The molecule has 0 heterocycles. The van der Waals surface area contributed by atoms with Crippen LogP contribution in [0.25, 0.3) is 0 Å². The van der Waals surface area contributed by atoms with Crippen molar-refractivity contribution in [1.82, 2.24) is 5.32 Å². The normalized spacial score (nSPS) is 14.2. The van der Waals surface area contributed by atoms with Gasteiger partial charge in [0.05, 0.1) is 0 Å². The van der Waals surface area contributed by atoms with Gasteiger partial charge >= 0.3 is 12.1 Å². The van der Waals surface area contributed by atoms with Crippen LogP contribution in [0.5, 0.6) is 0 Å². The number of rotatable bonds is 7. The minimum atomic E-state index is -4.58. The van der Waals surface area contributed by atoms with E-state index in [1.54, 1.807) is 18.2 Å². The number of nitrogens with one attached hydrogen (secondary N) is 1. The average Bonchev–Trinajstić information content (AvgIpc) is 2.45. The number of carboxylic acids is 1. The summed E-state index contributed by atoms with van der Waals surface area (Å²) in [5, 5.41) is 11.2. The number of hydrogen-bond donors (Lipinski definition) is 2. The molecule has 0 aromatic heterocycles. The quantitative estimate of drug-likeness (QED) is 0.808. The molecule has 0 saturated heterocycles. The summed E-state index contributed by atoms with van der Waals surface area (Å²) in [5.74, 6) is -2.06. The molecule has 2 N–H and O–H groups in total. The molecule has 0 bridgehead atoms. The van der Waals surface area contributed by atoms with Crippen LogP contribution in [0.1, 0.15) is 23.2 Å². The van der Waals surface area contributed by atoms with Crippen LogP contribution in [-0.4, -0.2) is 42.4 Å². The maximum absolute atomic E-state index is 12.5. The van der Waals surface area contributed by atoms with E-state index in [4.69, 9.17) is 5.11 Å². The number of hydrogen-bond acceptors (Lipinski definition) is 3. The van der Waals surface area contributed by atoms with E-state index in [1.807, 2.05) is 0 Å². The van der Waals surface area contributed by atoms with Gasteiger partial charge in [0.2, 0.25) is 0 Å². The Bertz CT molecular complexity index is 505. The van der Waals surface area contributed by atoms with Crippen LogP contribution in [0.3, 0.4) is 0 Å². The molecule has 0 spiro atoms. The monoisotopic (exact) mass is 319 g/mol. The van der Waals surface area contributed by atoms with Crippen LogP contribution in [0.15, 0.2) is 30.3 Å². The number of ether oxygens (including phenoxy) is 1. The Kier molecular flexibility index (Phi) is 6.36. The highest BCUT2D eigenvalue weighted by atomic mass is 19.4. The zero-order valence-corrected chi connectivity index (χ0v) is 11.8. The first kappa shape index (κ1) is 18.0. The fraction of sp³-hybridized carbons (Fsp3) is 0.429. The summed E-state index contributed by atoms with van der Waals surface area (Å²) in [7, 11) is 0.899. The van der Waals surface area contributed by atoms with Gasteiger partial charge < -0.3 is 15.2 Å². The van der Waals surface area contributed by atoms with Gasteiger partial charge in [0, 0.05) is 12.7 Å². The molecule has 8 heteroatoms. The van der Waals surface area contributed by atoms with Crippen molar-refractivity contribution in [2.75, 3.05) is 7.11 Å². The van der Waals surface area contributed by atoms with E-state index in [2.05, 4.69) is 10.1 Å². The number of benzene rings is 1. The van der Waals surface area contributed by atoms with Gasteiger partial charge in [-0.1, -0.05) is 18.2 Å². The number of carbonyl (C=O) groups is 2. The predicted octanol–water partition coefficient (Wildman–Crippen LogP) is 2.23. The summed E-state index contributed by atoms with van der Waals surface area (Å²) in [6.45, 7) is 0. The largest absolute Gasteiger partial charge is 0.480 e. The van der Waals surface area contributed by atoms with E-state index in [1.165, 1.54) is 12.1 Å². The maximum atomic E-state index is 12.5. The second kappa shape index (κ2) is 7.79. The van der Waals surface area contributed by atoms with E-state index in [9.17, 15) is 22.8 Å². The molecule has 0 saturated carbocycles. The molecule has 0 unspecified atom stereocenters. The lowest BCUT2D eigenvalue weighted by Crippen LogP contribution is -2.42. The molecule has 0 fully saturated rings. The fourth-order valence-corrected chi connectivity index (χ4v) is 1.82. The maximum Gasteiger partial charge on any atom is 0.414 e. The van der Waals surface area contributed by atoms with Crippen molar-refractivity contribution in [2.24, 2.45) is 0 Å². The van der Waals surface area contributed by atoms with Crippen molar-refractivity contribution >= 4 is 11.9 Å². The summed E-state index contributed by atoms with van der Waals surface area (Å²) < 4.78 is 41.9. The summed E-state index contributed by atoms with van der Waals surface area (Å²) in [6, 6.07) is 6.39. The minimum absolute atomic E-state index is 0.230. The number of amides is 1. The average molecular weight is 319 g/mol. The van der Waals surface area contributed by atoms with Crippen LogP contribution in [0, 0.1) is 0 Å². The molecule has 1 amide bonds. The summed E-state index contributed by atoms with van der Waals surface area (Å²) in [5.41, 5.74) is 0.230. The standard InChI is InChI=1S/C14H16F3NO4/c1-22-11(14(15,16)17)8-7-10(13(20)21)18-12(19)9-5-3-2-4-6-9/h2-6,10-11H,7-8H2,1H3,(H,18,19)(H,20,21)/t10-,11+/m1/s1. The van der Waals surface area contributed by atoms with Gasteiger partial charge in [-0.15, -0.1) is 0 Å². The first-order chi connectivity index (χ1) is 10.3. The molecule has 0 radical (unpaired) electrons. The Morgan fingerprint density at radius 1 is 1.23 bits per heavy atom. The van der Waals surface area contributed by atoms with Crippen molar-refractivity contribution in [1.29, 1.82) is 0 Å². The van der Waals surface area contributed by atoms with E-state index in [0.717, 1.165) is 7.11 Å². The van der Waals surface area contributed by atoms with Crippen molar-refractivity contribution in [3.8, 4) is 0 Å². The Balaban J connectivity index is 2.67. The number of alkyl halides is 3. The number of carbonyl (C=O) groups excluding carboxylic acids is 1. The zero-order valence-electron chi connectivity index (χ0n) is 11.8. The van der Waals surface area contributed by atoms with Gasteiger partial charge in [0.25, 0.3) is 5.91 Å². The molecule has 0 aliphatic carbocycles. The van der Waals surface area contributed by atoms with E-state index in [0.29, 0.717) is 0 Å². The van der Waals surface area contributed by atoms with Crippen LogP contribution in [0.4, 0.5) is 13.2 Å². The van der Waals surface area contributed by atoms with Gasteiger partial charge in [-0.3, -0.25) is 4.79 Å². The molecular formula is C14H16F3NO4. The molecule has 1 aromatic rings. The summed E-state index contributed by atoms with van der Waals surface area (Å²) in [4.78, 5) is 22.9. The first-order valence-corrected chi connectivity index (χ1v) is 6.44. The van der Waals surface area contributed by atoms with Gasteiger partial charge in [-0.2, -0.15) is 13.2 Å². The fourth-order valence-electron chi connectivity index (χ4n) is 1.82. The number of halogens is 3. The topological polar surface area (TPSA) is 75.6 Å². The number of carboxylic acid groups (broad SMARTS) is 1. The SMILES string of the molecule is CO[C@@H](CC[C@@H](NC(=O)c1ccccc1)C(=O)O)C(F)(F)F. The molecule has 0 aliphatic heterocycles. The smallest absolute Gasteiger partial charge is 0.414 e. The Hall–Kier alpha value is -2.09. The van der Waals surface area contributed by atoms with Crippen LogP contribution in [0.2, 0.25) is 0 Å². The van der Waals surface area contributed by atoms with E-state index >= 15 is 0 Å². The lowest BCUT2D eigenvalue weighted by atomic mass is 10.1. The van der Waals surface area contributed by atoms with Crippen molar-refractivity contribution in [3.63, 3.8) is 0 Å². The molecule has 1 rings (SSSR count). The van der Waals surface area contributed by atoms with Gasteiger partial charge in [-0.05, 0) is 25.0 Å². The first-order valence-electron chi connectivity index (χ1n) is 6.44. The van der Waals surface area contributed by atoms with Gasteiger partial charge in [0.15, 0.2) is 6.10 Å².